The van der Waals surface area contributed by atoms with Crippen molar-refractivity contribution in [3.05, 3.63) is 34.4 Å². The van der Waals surface area contributed by atoms with Gasteiger partial charge in [0.25, 0.3) is 0 Å². The second kappa shape index (κ2) is 7.03. The maximum absolute atomic E-state index is 6.16. The summed E-state index contributed by atoms with van der Waals surface area (Å²) in [6.45, 7) is 4.45. The van der Waals surface area contributed by atoms with Gasteiger partial charge in [-0.05, 0) is 25.8 Å². The lowest BCUT2D eigenvalue weighted by molar-refractivity contribution is 0.0844. The van der Waals surface area contributed by atoms with E-state index in [0.29, 0.717) is 17.5 Å². The zero-order valence-corrected chi connectivity index (χ0v) is 14.7. The molecule has 1 unspecified atom stereocenters. The van der Waals surface area contributed by atoms with Crippen LogP contribution in [0, 0.1) is 0 Å². The summed E-state index contributed by atoms with van der Waals surface area (Å²) in [5.41, 5.74) is 3.22. The Kier molecular flexibility index (Phi) is 5.04. The van der Waals surface area contributed by atoms with Gasteiger partial charge in [0, 0.05) is 52.0 Å². The molecular weight excluding hydrogens is 314 g/mol. The molecule has 3 heterocycles. The first-order chi connectivity index (χ1) is 11.0. The molecule has 2 aromatic heterocycles. The van der Waals surface area contributed by atoms with Crippen molar-refractivity contribution in [2.75, 3.05) is 13.2 Å². The summed E-state index contributed by atoms with van der Waals surface area (Å²) in [7, 11) is 3.88. The third kappa shape index (κ3) is 3.76. The van der Waals surface area contributed by atoms with Gasteiger partial charge in [0.05, 0.1) is 22.1 Å². The molecule has 1 aliphatic rings. The Morgan fingerprint density at radius 2 is 2.09 bits per heavy atom. The van der Waals surface area contributed by atoms with Crippen LogP contribution < -0.4 is 5.32 Å². The first-order valence-electron chi connectivity index (χ1n) is 8.07. The number of rotatable bonds is 5. The van der Waals surface area contributed by atoms with Crippen LogP contribution in [0.5, 0.6) is 0 Å². The molecule has 3 rings (SSSR count). The minimum Gasteiger partial charge on any atom is -0.381 e. The molecule has 1 saturated heterocycles. The first kappa shape index (κ1) is 16.5. The van der Waals surface area contributed by atoms with E-state index >= 15 is 0 Å². The lowest BCUT2D eigenvalue weighted by Gasteiger charge is -2.19. The third-order valence-electron chi connectivity index (χ3n) is 4.45. The summed E-state index contributed by atoms with van der Waals surface area (Å²) in [6.07, 6.45) is 3.93. The monoisotopic (exact) mass is 337 g/mol. The molecule has 23 heavy (non-hydrogen) atoms. The van der Waals surface area contributed by atoms with E-state index in [0.717, 1.165) is 31.7 Å². The van der Waals surface area contributed by atoms with Crippen molar-refractivity contribution in [2.24, 2.45) is 14.1 Å². The first-order valence-corrected chi connectivity index (χ1v) is 8.45. The van der Waals surface area contributed by atoms with Gasteiger partial charge in [-0.3, -0.25) is 9.36 Å². The van der Waals surface area contributed by atoms with Gasteiger partial charge < -0.3 is 10.1 Å². The second-order valence-corrected chi connectivity index (χ2v) is 6.61. The molecule has 0 bridgehead atoms. The van der Waals surface area contributed by atoms with Crippen LogP contribution in [0.1, 0.15) is 48.8 Å². The van der Waals surface area contributed by atoms with E-state index in [1.54, 1.807) is 4.68 Å². The number of hydrogen-bond acceptors (Lipinski definition) is 4. The minimum absolute atomic E-state index is 0.180. The topological polar surface area (TPSA) is 56.9 Å². The summed E-state index contributed by atoms with van der Waals surface area (Å²) < 4.78 is 9.15. The van der Waals surface area contributed by atoms with E-state index in [-0.39, 0.29) is 6.04 Å². The summed E-state index contributed by atoms with van der Waals surface area (Å²) in [5, 5.41) is 13.2. The van der Waals surface area contributed by atoms with Gasteiger partial charge in [-0.2, -0.15) is 10.2 Å². The SMILES string of the molecule is CC(NCc1nn(C)cc1Cl)c1cc(C2CCOCC2)nn1C. The van der Waals surface area contributed by atoms with Crippen LogP contribution in [0.2, 0.25) is 5.02 Å². The minimum atomic E-state index is 0.180. The van der Waals surface area contributed by atoms with Gasteiger partial charge >= 0.3 is 0 Å². The van der Waals surface area contributed by atoms with Gasteiger partial charge in [0.15, 0.2) is 0 Å². The van der Waals surface area contributed by atoms with Crippen LogP contribution in [0.4, 0.5) is 0 Å². The zero-order chi connectivity index (χ0) is 16.4. The smallest absolute Gasteiger partial charge is 0.0948 e. The average molecular weight is 338 g/mol. The predicted octanol–water partition coefficient (Wildman–Crippen LogP) is 2.55. The second-order valence-electron chi connectivity index (χ2n) is 6.20. The molecule has 126 valence electrons. The van der Waals surface area contributed by atoms with Crippen LogP contribution in [-0.2, 0) is 25.4 Å². The molecule has 0 amide bonds. The van der Waals surface area contributed by atoms with Gasteiger partial charge in [0.1, 0.15) is 0 Å². The van der Waals surface area contributed by atoms with Crippen molar-refractivity contribution >= 4 is 11.6 Å². The van der Waals surface area contributed by atoms with Gasteiger partial charge in [-0.15, -0.1) is 0 Å². The fourth-order valence-electron chi connectivity index (χ4n) is 3.08. The Labute approximate surface area is 141 Å². The number of nitrogens with zero attached hydrogens (tertiary/aromatic N) is 4. The van der Waals surface area contributed by atoms with E-state index in [2.05, 4.69) is 23.4 Å². The molecule has 1 atom stereocenters. The number of ether oxygens (including phenoxy) is 1. The van der Waals surface area contributed by atoms with Gasteiger partial charge in [-0.25, -0.2) is 0 Å². The Hall–Kier alpha value is -1.37. The third-order valence-corrected chi connectivity index (χ3v) is 4.76. The fraction of sp³-hybridized carbons (Fsp3) is 0.625. The van der Waals surface area contributed by atoms with E-state index in [1.807, 2.05) is 25.0 Å². The summed E-state index contributed by atoms with van der Waals surface area (Å²) >= 11 is 6.16. The number of hydrogen-bond donors (Lipinski definition) is 1. The van der Waals surface area contributed by atoms with Gasteiger partial charge in [0.2, 0.25) is 0 Å². The summed E-state index contributed by atoms with van der Waals surface area (Å²) in [6, 6.07) is 2.40. The summed E-state index contributed by atoms with van der Waals surface area (Å²) in [4.78, 5) is 0. The molecule has 0 aliphatic carbocycles. The van der Waals surface area contributed by atoms with Crippen molar-refractivity contribution in [3.8, 4) is 0 Å². The number of aryl methyl sites for hydroxylation is 2. The lowest BCUT2D eigenvalue weighted by Crippen LogP contribution is -2.21. The number of aromatic nitrogens is 4. The predicted molar refractivity (Wildman–Crippen MR) is 89.5 cm³/mol. The Morgan fingerprint density at radius 3 is 2.74 bits per heavy atom. The van der Waals surface area contributed by atoms with Crippen molar-refractivity contribution < 1.29 is 4.74 Å². The van der Waals surface area contributed by atoms with E-state index in [4.69, 9.17) is 21.4 Å². The van der Waals surface area contributed by atoms with Crippen LogP contribution in [0.25, 0.3) is 0 Å². The van der Waals surface area contributed by atoms with Crippen LogP contribution in [0.3, 0.4) is 0 Å². The summed E-state index contributed by atoms with van der Waals surface area (Å²) in [5.74, 6) is 0.515. The maximum atomic E-state index is 6.16. The Balaban J connectivity index is 1.66. The zero-order valence-electron chi connectivity index (χ0n) is 13.9. The van der Waals surface area contributed by atoms with E-state index in [1.165, 1.54) is 11.4 Å². The fourth-order valence-corrected chi connectivity index (χ4v) is 3.33. The largest absolute Gasteiger partial charge is 0.381 e. The van der Waals surface area contributed by atoms with Crippen LogP contribution >= 0.6 is 11.6 Å². The number of nitrogens with one attached hydrogen (secondary N) is 1. The molecule has 7 heteroatoms. The average Bonchev–Trinajstić information content (AvgIpc) is 3.08. The lowest BCUT2D eigenvalue weighted by atomic mass is 9.96. The molecular formula is C16H24ClN5O. The highest BCUT2D eigenvalue weighted by molar-refractivity contribution is 6.31. The van der Waals surface area contributed by atoms with Crippen molar-refractivity contribution in [1.82, 2.24) is 24.9 Å². The number of halogens is 1. The highest BCUT2D eigenvalue weighted by Crippen LogP contribution is 2.27. The molecule has 6 nitrogen and oxygen atoms in total. The van der Waals surface area contributed by atoms with Gasteiger partial charge in [-0.1, -0.05) is 11.6 Å². The molecule has 0 radical (unpaired) electrons. The van der Waals surface area contributed by atoms with E-state index < -0.39 is 0 Å². The maximum Gasteiger partial charge on any atom is 0.0948 e. The normalized spacial score (nSPS) is 17.6. The standard InChI is InChI=1S/C16H24ClN5O/c1-11(18-9-15-13(17)10-21(2)19-15)16-8-14(20-22(16)3)12-4-6-23-7-5-12/h8,10-12,18H,4-7,9H2,1-3H3. The van der Waals surface area contributed by atoms with Crippen molar-refractivity contribution in [2.45, 2.75) is 38.3 Å². The molecule has 1 aliphatic heterocycles. The molecule has 0 spiro atoms. The molecule has 0 aromatic carbocycles. The highest BCUT2D eigenvalue weighted by Gasteiger charge is 2.21. The molecule has 1 fully saturated rings. The van der Waals surface area contributed by atoms with Crippen LogP contribution in [-0.4, -0.2) is 32.8 Å². The quantitative estimate of drug-likeness (QED) is 0.911. The highest BCUT2D eigenvalue weighted by atomic mass is 35.5. The Bertz CT molecular complexity index is 659. The van der Waals surface area contributed by atoms with Crippen LogP contribution in [0.15, 0.2) is 12.3 Å². The van der Waals surface area contributed by atoms with Crippen molar-refractivity contribution in [3.63, 3.8) is 0 Å². The van der Waals surface area contributed by atoms with E-state index in [9.17, 15) is 0 Å². The van der Waals surface area contributed by atoms with Crippen molar-refractivity contribution in [1.29, 1.82) is 0 Å². The molecule has 2 aromatic rings. The Morgan fingerprint density at radius 1 is 1.35 bits per heavy atom. The molecule has 0 saturated carbocycles. The molecule has 1 N–H and O–H groups in total.